The van der Waals surface area contributed by atoms with Crippen LogP contribution in [0.25, 0.3) is 0 Å². The molecule has 70 valence electrons. The minimum atomic E-state index is 0.363. The number of nitrogens with one attached hydrogen (secondary N) is 2. The van der Waals surface area contributed by atoms with Crippen LogP contribution in [0.2, 0.25) is 5.02 Å². The van der Waals surface area contributed by atoms with Crippen molar-refractivity contribution in [2.75, 3.05) is 19.6 Å². The molecule has 2 N–H and O–H groups in total. The third kappa shape index (κ3) is 2.02. The molecule has 1 atom stereocenters. The predicted octanol–water partition coefficient (Wildman–Crippen LogP) is 1.57. The second-order valence-corrected chi connectivity index (χ2v) is 3.64. The Bertz CT molecular complexity index is 282. The quantitative estimate of drug-likeness (QED) is 0.713. The summed E-state index contributed by atoms with van der Waals surface area (Å²) in [5.41, 5.74) is 1.19. The standard InChI is InChI=1S/C10H13ClN2/c11-9-4-2-1-3-8(9)10-7-12-5-6-13-10/h1-4,10,12-13H,5-7H2. The van der Waals surface area contributed by atoms with Gasteiger partial charge in [0.05, 0.1) is 0 Å². The molecule has 1 aromatic carbocycles. The SMILES string of the molecule is Clc1ccccc1C1CNCCN1. The molecule has 1 aliphatic heterocycles. The molecule has 0 amide bonds. The van der Waals surface area contributed by atoms with Crippen LogP contribution in [0.3, 0.4) is 0 Å². The van der Waals surface area contributed by atoms with Gasteiger partial charge in [0.2, 0.25) is 0 Å². The first-order chi connectivity index (χ1) is 6.38. The van der Waals surface area contributed by atoms with Crippen molar-refractivity contribution in [3.63, 3.8) is 0 Å². The summed E-state index contributed by atoms with van der Waals surface area (Å²) >= 11 is 6.09. The van der Waals surface area contributed by atoms with Crippen LogP contribution in [-0.4, -0.2) is 19.6 Å². The lowest BCUT2D eigenvalue weighted by Crippen LogP contribution is -2.42. The highest BCUT2D eigenvalue weighted by atomic mass is 35.5. The summed E-state index contributed by atoms with van der Waals surface area (Å²) in [6.07, 6.45) is 0. The Hall–Kier alpha value is -0.570. The fraction of sp³-hybridized carbons (Fsp3) is 0.400. The van der Waals surface area contributed by atoms with Gasteiger partial charge in [0.25, 0.3) is 0 Å². The van der Waals surface area contributed by atoms with Crippen LogP contribution < -0.4 is 10.6 Å². The van der Waals surface area contributed by atoms with Crippen molar-refractivity contribution in [1.82, 2.24) is 10.6 Å². The first-order valence-electron chi connectivity index (χ1n) is 4.56. The van der Waals surface area contributed by atoms with Crippen molar-refractivity contribution in [3.8, 4) is 0 Å². The maximum absolute atomic E-state index is 6.09. The van der Waals surface area contributed by atoms with Gasteiger partial charge < -0.3 is 10.6 Å². The molecule has 1 aromatic rings. The summed E-state index contributed by atoms with van der Waals surface area (Å²) in [4.78, 5) is 0. The number of halogens is 1. The first kappa shape index (κ1) is 9.00. The molecule has 2 nitrogen and oxygen atoms in total. The molecule has 1 fully saturated rings. The van der Waals surface area contributed by atoms with E-state index >= 15 is 0 Å². The zero-order valence-electron chi connectivity index (χ0n) is 7.39. The van der Waals surface area contributed by atoms with Gasteiger partial charge in [-0.25, -0.2) is 0 Å². The minimum Gasteiger partial charge on any atom is -0.314 e. The van der Waals surface area contributed by atoms with E-state index in [1.54, 1.807) is 0 Å². The maximum Gasteiger partial charge on any atom is 0.0462 e. The Morgan fingerprint density at radius 1 is 1.23 bits per heavy atom. The molecule has 0 spiro atoms. The summed E-state index contributed by atoms with van der Waals surface area (Å²) in [6.45, 7) is 3.01. The van der Waals surface area contributed by atoms with E-state index < -0.39 is 0 Å². The highest BCUT2D eigenvalue weighted by Gasteiger charge is 2.15. The van der Waals surface area contributed by atoms with Crippen LogP contribution in [0.15, 0.2) is 24.3 Å². The van der Waals surface area contributed by atoms with Crippen molar-refractivity contribution in [2.24, 2.45) is 0 Å². The van der Waals surface area contributed by atoms with E-state index in [1.165, 1.54) is 5.56 Å². The van der Waals surface area contributed by atoms with Crippen LogP contribution in [0.4, 0.5) is 0 Å². The highest BCUT2D eigenvalue weighted by Crippen LogP contribution is 2.22. The molecule has 1 unspecified atom stereocenters. The third-order valence-electron chi connectivity index (χ3n) is 2.32. The molecule has 0 saturated carbocycles. The number of hydrogen-bond acceptors (Lipinski definition) is 2. The van der Waals surface area contributed by atoms with Gasteiger partial charge >= 0.3 is 0 Å². The monoisotopic (exact) mass is 196 g/mol. The molecule has 2 rings (SSSR count). The number of piperazine rings is 1. The molecule has 0 aliphatic carbocycles. The fourth-order valence-corrected chi connectivity index (χ4v) is 1.90. The summed E-state index contributed by atoms with van der Waals surface area (Å²) in [5.74, 6) is 0. The molecular formula is C10H13ClN2. The maximum atomic E-state index is 6.09. The molecule has 1 aliphatic rings. The predicted molar refractivity (Wildman–Crippen MR) is 55.1 cm³/mol. The average Bonchev–Trinajstić information content (AvgIpc) is 2.20. The number of hydrogen-bond donors (Lipinski definition) is 2. The van der Waals surface area contributed by atoms with E-state index in [0.717, 1.165) is 24.7 Å². The molecule has 13 heavy (non-hydrogen) atoms. The summed E-state index contributed by atoms with van der Waals surface area (Å²) < 4.78 is 0. The van der Waals surface area contributed by atoms with Gasteiger partial charge in [-0.2, -0.15) is 0 Å². The van der Waals surface area contributed by atoms with E-state index in [9.17, 15) is 0 Å². The van der Waals surface area contributed by atoms with E-state index in [0.29, 0.717) is 6.04 Å². The zero-order valence-corrected chi connectivity index (χ0v) is 8.14. The molecule has 3 heteroatoms. The number of benzene rings is 1. The lowest BCUT2D eigenvalue weighted by molar-refractivity contribution is 0.430. The Kier molecular flexibility index (Phi) is 2.83. The lowest BCUT2D eigenvalue weighted by atomic mass is 10.1. The van der Waals surface area contributed by atoms with E-state index in [1.807, 2.05) is 18.2 Å². The minimum absolute atomic E-state index is 0.363. The lowest BCUT2D eigenvalue weighted by Gasteiger charge is -2.25. The van der Waals surface area contributed by atoms with Gasteiger partial charge in [-0.05, 0) is 11.6 Å². The Morgan fingerprint density at radius 2 is 2.08 bits per heavy atom. The van der Waals surface area contributed by atoms with E-state index in [2.05, 4.69) is 16.7 Å². The molecule has 1 heterocycles. The number of rotatable bonds is 1. The molecular weight excluding hydrogens is 184 g/mol. The summed E-state index contributed by atoms with van der Waals surface area (Å²) in [5, 5.41) is 7.62. The Balaban J connectivity index is 2.18. The first-order valence-corrected chi connectivity index (χ1v) is 4.94. The van der Waals surface area contributed by atoms with Crippen LogP contribution in [0.5, 0.6) is 0 Å². The molecule has 0 radical (unpaired) electrons. The second-order valence-electron chi connectivity index (χ2n) is 3.23. The molecule has 0 aromatic heterocycles. The van der Waals surface area contributed by atoms with Crippen molar-refractivity contribution in [1.29, 1.82) is 0 Å². The fourth-order valence-electron chi connectivity index (χ4n) is 1.63. The van der Waals surface area contributed by atoms with Crippen LogP contribution in [0.1, 0.15) is 11.6 Å². The Morgan fingerprint density at radius 3 is 2.77 bits per heavy atom. The Labute approximate surface area is 83.3 Å². The van der Waals surface area contributed by atoms with Crippen molar-refractivity contribution >= 4 is 11.6 Å². The summed E-state index contributed by atoms with van der Waals surface area (Å²) in [6, 6.07) is 8.36. The summed E-state index contributed by atoms with van der Waals surface area (Å²) in [7, 11) is 0. The molecule has 0 bridgehead atoms. The third-order valence-corrected chi connectivity index (χ3v) is 2.67. The van der Waals surface area contributed by atoms with Gasteiger partial charge in [-0.3, -0.25) is 0 Å². The van der Waals surface area contributed by atoms with Gasteiger partial charge in [0.1, 0.15) is 0 Å². The van der Waals surface area contributed by atoms with Crippen molar-refractivity contribution in [3.05, 3.63) is 34.9 Å². The smallest absolute Gasteiger partial charge is 0.0462 e. The second kappa shape index (κ2) is 4.09. The van der Waals surface area contributed by atoms with Crippen LogP contribution in [-0.2, 0) is 0 Å². The largest absolute Gasteiger partial charge is 0.314 e. The highest BCUT2D eigenvalue weighted by molar-refractivity contribution is 6.31. The van der Waals surface area contributed by atoms with Crippen LogP contribution >= 0.6 is 11.6 Å². The van der Waals surface area contributed by atoms with Crippen molar-refractivity contribution in [2.45, 2.75) is 6.04 Å². The normalized spacial score (nSPS) is 23.0. The zero-order chi connectivity index (χ0) is 9.10. The van der Waals surface area contributed by atoms with E-state index in [4.69, 9.17) is 11.6 Å². The van der Waals surface area contributed by atoms with Gasteiger partial charge in [0, 0.05) is 30.7 Å². The van der Waals surface area contributed by atoms with Crippen molar-refractivity contribution < 1.29 is 0 Å². The average molecular weight is 197 g/mol. The molecule has 1 saturated heterocycles. The van der Waals surface area contributed by atoms with Gasteiger partial charge in [0.15, 0.2) is 0 Å². The van der Waals surface area contributed by atoms with Gasteiger partial charge in [-0.1, -0.05) is 29.8 Å². The van der Waals surface area contributed by atoms with Gasteiger partial charge in [-0.15, -0.1) is 0 Å². The topological polar surface area (TPSA) is 24.1 Å². The van der Waals surface area contributed by atoms with Crippen LogP contribution in [0, 0.1) is 0 Å². The van der Waals surface area contributed by atoms with E-state index in [-0.39, 0.29) is 0 Å².